The maximum atomic E-state index is 15.0. The van der Waals surface area contributed by atoms with Gasteiger partial charge in [-0.15, -0.1) is 0 Å². The largest absolute Gasteiger partial charge is 0.425 e. The van der Waals surface area contributed by atoms with E-state index in [9.17, 15) is 27.5 Å². The highest BCUT2D eigenvalue weighted by atomic mass is 19.4. The predicted octanol–water partition coefficient (Wildman–Crippen LogP) is 4.62. The van der Waals surface area contributed by atoms with E-state index in [2.05, 4.69) is 0 Å². The number of alkyl halides is 4. The fourth-order valence-electron chi connectivity index (χ4n) is 4.23. The first kappa shape index (κ1) is 18.9. The van der Waals surface area contributed by atoms with Gasteiger partial charge < -0.3 is 10.0 Å². The molecule has 1 aliphatic heterocycles. The average molecular weight is 393 g/mol. The number of hydrogen-bond donors (Lipinski definition) is 1. The van der Waals surface area contributed by atoms with Crippen molar-refractivity contribution in [1.82, 2.24) is 0 Å². The SMILES string of the molecule is CC1(F)c2cc3c(cc2C1(O)C(F)(F)F)CCCCN3C(=O)c1ccccc1. The van der Waals surface area contributed by atoms with Crippen molar-refractivity contribution in [2.24, 2.45) is 0 Å². The van der Waals surface area contributed by atoms with Gasteiger partial charge in [-0.25, -0.2) is 4.39 Å². The molecule has 0 saturated heterocycles. The van der Waals surface area contributed by atoms with Crippen molar-refractivity contribution < 1.29 is 27.5 Å². The molecule has 1 amide bonds. The Labute approximate surface area is 159 Å². The van der Waals surface area contributed by atoms with Gasteiger partial charge in [-0.3, -0.25) is 4.79 Å². The molecule has 0 spiro atoms. The van der Waals surface area contributed by atoms with Crippen LogP contribution in [0.1, 0.15) is 46.8 Å². The second-order valence-corrected chi connectivity index (χ2v) is 7.52. The molecule has 0 fully saturated rings. The summed E-state index contributed by atoms with van der Waals surface area (Å²) in [6, 6.07) is 11.1. The van der Waals surface area contributed by atoms with Gasteiger partial charge in [0.05, 0.1) is 0 Å². The van der Waals surface area contributed by atoms with Crippen LogP contribution in [0.3, 0.4) is 0 Å². The third kappa shape index (κ3) is 2.42. The second kappa shape index (κ2) is 6.04. The van der Waals surface area contributed by atoms with Gasteiger partial charge in [0.2, 0.25) is 5.60 Å². The summed E-state index contributed by atoms with van der Waals surface area (Å²) in [6.45, 7) is 1.13. The zero-order chi connectivity index (χ0) is 20.3. The van der Waals surface area contributed by atoms with Gasteiger partial charge in [0.15, 0.2) is 5.67 Å². The van der Waals surface area contributed by atoms with E-state index in [4.69, 9.17) is 0 Å². The first-order valence-electron chi connectivity index (χ1n) is 9.12. The molecule has 7 heteroatoms. The van der Waals surface area contributed by atoms with Crippen molar-refractivity contribution in [2.45, 2.75) is 43.6 Å². The Balaban J connectivity index is 1.84. The number of amides is 1. The van der Waals surface area contributed by atoms with Gasteiger partial charge in [-0.05, 0) is 56.0 Å². The summed E-state index contributed by atoms with van der Waals surface area (Å²) in [7, 11) is 0. The quantitative estimate of drug-likeness (QED) is 0.719. The summed E-state index contributed by atoms with van der Waals surface area (Å²) in [4.78, 5) is 14.5. The number of halogens is 4. The molecule has 2 aromatic carbocycles. The van der Waals surface area contributed by atoms with Crippen LogP contribution in [-0.4, -0.2) is 23.7 Å². The van der Waals surface area contributed by atoms with Crippen LogP contribution in [0.15, 0.2) is 42.5 Å². The standard InChI is InChI=1S/C21H19F4NO2/c1-19(22)15-12-17-14(11-16(15)20(19,28)21(23,24)25)9-5-6-10-26(17)18(27)13-7-3-2-4-8-13/h2-4,7-8,11-12,28H,5-6,9-10H2,1H3. The molecule has 0 saturated carbocycles. The molecule has 1 N–H and O–H groups in total. The maximum absolute atomic E-state index is 15.0. The van der Waals surface area contributed by atoms with Gasteiger partial charge in [0.25, 0.3) is 5.91 Å². The average Bonchev–Trinajstić information content (AvgIpc) is 2.87. The first-order chi connectivity index (χ1) is 13.1. The van der Waals surface area contributed by atoms with Crippen LogP contribution in [0.4, 0.5) is 23.2 Å². The number of benzene rings is 2. The minimum atomic E-state index is -5.14. The molecule has 0 aromatic heterocycles. The number of fused-ring (bicyclic) bond motifs is 2. The summed E-state index contributed by atoms with van der Waals surface area (Å²) in [5, 5.41) is 10.2. The van der Waals surface area contributed by atoms with Crippen LogP contribution in [0.25, 0.3) is 0 Å². The fraction of sp³-hybridized carbons (Fsp3) is 0.381. The summed E-state index contributed by atoms with van der Waals surface area (Å²) in [6.07, 6.45) is -3.32. The lowest BCUT2D eigenvalue weighted by Gasteiger charge is -2.51. The van der Waals surface area contributed by atoms with Crippen molar-refractivity contribution in [3.05, 3.63) is 64.7 Å². The Kier molecular flexibility index (Phi) is 4.08. The second-order valence-electron chi connectivity index (χ2n) is 7.52. The smallest absolute Gasteiger partial charge is 0.374 e. The summed E-state index contributed by atoms with van der Waals surface area (Å²) in [5.74, 6) is -0.283. The Bertz CT molecular complexity index is 939. The molecule has 0 bridgehead atoms. The monoisotopic (exact) mass is 393 g/mol. The van der Waals surface area contributed by atoms with Crippen LogP contribution in [0.5, 0.6) is 0 Å². The van der Waals surface area contributed by atoms with E-state index in [0.717, 1.165) is 6.92 Å². The topological polar surface area (TPSA) is 40.5 Å². The molecular formula is C21H19F4NO2. The zero-order valence-electron chi connectivity index (χ0n) is 15.2. The van der Waals surface area contributed by atoms with Crippen molar-refractivity contribution in [2.75, 3.05) is 11.4 Å². The maximum Gasteiger partial charge on any atom is 0.425 e. The van der Waals surface area contributed by atoms with E-state index in [1.807, 2.05) is 0 Å². The molecule has 1 aliphatic carbocycles. The molecule has 1 heterocycles. The third-order valence-electron chi connectivity index (χ3n) is 5.84. The molecule has 2 unspecified atom stereocenters. The van der Waals surface area contributed by atoms with Crippen molar-refractivity contribution in [1.29, 1.82) is 0 Å². The highest BCUT2D eigenvalue weighted by molar-refractivity contribution is 6.06. The van der Waals surface area contributed by atoms with Crippen LogP contribution >= 0.6 is 0 Å². The Hall–Kier alpha value is -2.41. The van der Waals surface area contributed by atoms with Crippen molar-refractivity contribution in [3.8, 4) is 0 Å². The molecule has 28 heavy (non-hydrogen) atoms. The van der Waals surface area contributed by atoms with Gasteiger partial charge in [-0.2, -0.15) is 13.2 Å². The van der Waals surface area contributed by atoms with Gasteiger partial charge >= 0.3 is 6.18 Å². The van der Waals surface area contributed by atoms with Crippen LogP contribution < -0.4 is 4.90 Å². The van der Waals surface area contributed by atoms with Crippen molar-refractivity contribution >= 4 is 11.6 Å². The molecule has 2 aromatic rings. The molecule has 0 radical (unpaired) electrons. The minimum Gasteiger partial charge on any atom is -0.374 e. The summed E-state index contributed by atoms with van der Waals surface area (Å²) >= 11 is 0. The molecule has 148 valence electrons. The Morgan fingerprint density at radius 1 is 1.11 bits per heavy atom. The van der Waals surface area contributed by atoms with Gasteiger partial charge in [0.1, 0.15) is 0 Å². The highest BCUT2D eigenvalue weighted by Gasteiger charge is 2.74. The van der Waals surface area contributed by atoms with E-state index in [0.29, 0.717) is 42.6 Å². The molecule has 2 atom stereocenters. The number of hydrogen-bond acceptors (Lipinski definition) is 2. The number of aryl methyl sites for hydroxylation is 1. The Morgan fingerprint density at radius 3 is 2.43 bits per heavy atom. The molecule has 3 nitrogen and oxygen atoms in total. The van der Waals surface area contributed by atoms with E-state index in [1.165, 1.54) is 17.0 Å². The van der Waals surface area contributed by atoms with E-state index < -0.39 is 23.0 Å². The number of carbonyl (C=O) groups is 1. The highest BCUT2D eigenvalue weighted by Crippen LogP contribution is 2.63. The lowest BCUT2D eigenvalue weighted by Crippen LogP contribution is -2.62. The van der Waals surface area contributed by atoms with Crippen LogP contribution in [0.2, 0.25) is 0 Å². The summed E-state index contributed by atoms with van der Waals surface area (Å²) in [5.41, 5.74) is -5.82. The number of anilines is 1. The van der Waals surface area contributed by atoms with E-state index >= 15 is 0 Å². The van der Waals surface area contributed by atoms with Gasteiger partial charge in [-0.1, -0.05) is 18.2 Å². The Morgan fingerprint density at radius 2 is 1.79 bits per heavy atom. The number of rotatable bonds is 1. The summed E-state index contributed by atoms with van der Waals surface area (Å²) < 4.78 is 55.3. The normalized spacial score (nSPS) is 26.7. The van der Waals surface area contributed by atoms with Crippen molar-refractivity contribution in [3.63, 3.8) is 0 Å². The molecule has 4 rings (SSSR count). The number of aliphatic hydroxyl groups is 1. The van der Waals surface area contributed by atoms with E-state index in [-0.39, 0.29) is 11.5 Å². The third-order valence-corrected chi connectivity index (χ3v) is 5.84. The van der Waals surface area contributed by atoms with Gasteiger partial charge in [0, 0.05) is 28.9 Å². The number of nitrogens with zero attached hydrogens (tertiary/aromatic N) is 1. The first-order valence-corrected chi connectivity index (χ1v) is 9.12. The zero-order valence-corrected chi connectivity index (χ0v) is 15.2. The number of carbonyl (C=O) groups excluding carboxylic acids is 1. The van der Waals surface area contributed by atoms with E-state index in [1.54, 1.807) is 30.3 Å². The molecular weight excluding hydrogens is 374 g/mol. The molecule has 2 aliphatic rings. The lowest BCUT2D eigenvalue weighted by atomic mass is 9.61. The lowest BCUT2D eigenvalue weighted by molar-refractivity contribution is -0.328. The minimum absolute atomic E-state index is 0.223. The predicted molar refractivity (Wildman–Crippen MR) is 95.9 cm³/mol. The van der Waals surface area contributed by atoms with Crippen LogP contribution in [-0.2, 0) is 17.7 Å². The van der Waals surface area contributed by atoms with Crippen LogP contribution in [0, 0.1) is 0 Å². The fourth-order valence-corrected chi connectivity index (χ4v) is 4.23.